The second-order valence-corrected chi connectivity index (χ2v) is 10.1. The van der Waals surface area contributed by atoms with Crippen LogP contribution in [0.2, 0.25) is 0 Å². The Kier molecular flexibility index (Phi) is 8.72. The Labute approximate surface area is 212 Å². The summed E-state index contributed by atoms with van der Waals surface area (Å²) in [6, 6.07) is 8.61. The molecular weight excluding hydrogens is 469 g/mol. The first-order chi connectivity index (χ1) is 16.8. The van der Waals surface area contributed by atoms with Gasteiger partial charge in [-0.15, -0.1) is 0 Å². The number of carbonyl (C=O) groups excluding carboxylic acids is 1. The summed E-state index contributed by atoms with van der Waals surface area (Å²) >= 11 is 0. The number of piperazine rings is 1. The first-order valence-electron chi connectivity index (χ1n) is 12.4. The largest absolute Gasteiger partial charge is 0.476 e. The average molecular weight is 507 g/mol. The molecule has 0 saturated carbocycles. The van der Waals surface area contributed by atoms with Crippen LogP contribution in [0, 0.1) is 20.8 Å². The second kappa shape index (κ2) is 11.2. The van der Waals surface area contributed by atoms with E-state index in [0.29, 0.717) is 18.9 Å². The van der Waals surface area contributed by atoms with Gasteiger partial charge in [0.25, 0.3) is 0 Å². The molecule has 1 fully saturated rings. The topological polar surface area (TPSA) is 42.0 Å². The van der Waals surface area contributed by atoms with Gasteiger partial charge in [0, 0.05) is 39.3 Å². The fourth-order valence-electron chi connectivity index (χ4n) is 4.66. The number of benzene rings is 2. The van der Waals surface area contributed by atoms with Gasteiger partial charge in [0.1, 0.15) is 5.75 Å². The lowest BCUT2D eigenvalue weighted by molar-refractivity contribution is -0.158. The Morgan fingerprint density at radius 1 is 0.861 bits per heavy atom. The Morgan fingerprint density at radius 3 is 1.83 bits per heavy atom. The summed E-state index contributed by atoms with van der Waals surface area (Å²) in [4.78, 5) is 16.9. The summed E-state index contributed by atoms with van der Waals surface area (Å²) in [5.74, 6) is 0.311. The molecule has 198 valence electrons. The molecule has 0 atom stereocenters. The fraction of sp³-hybridized carbons (Fsp3) is 0.536. The summed E-state index contributed by atoms with van der Waals surface area (Å²) in [5, 5.41) is 0. The molecule has 2 aromatic carbocycles. The highest BCUT2D eigenvalue weighted by molar-refractivity contribution is 5.79. The second-order valence-electron chi connectivity index (χ2n) is 10.1. The molecule has 8 heteroatoms. The third-order valence-electron chi connectivity index (χ3n) is 6.52. The normalized spacial score (nSPS) is 15.7. The number of alkyl halides is 3. The molecule has 1 heterocycles. The SMILES string of the molecule is CCOC(=O)C(C)(C)Oc1c(C)cc(CN2CCN(Cc3ccc(C(F)(F)F)c(C)c3)CC2)cc1C. The van der Waals surface area contributed by atoms with Crippen molar-refractivity contribution in [1.82, 2.24) is 9.80 Å². The van der Waals surface area contributed by atoms with Crippen LogP contribution >= 0.6 is 0 Å². The van der Waals surface area contributed by atoms with Gasteiger partial charge in [-0.2, -0.15) is 13.2 Å². The van der Waals surface area contributed by atoms with Crippen molar-refractivity contribution in [2.45, 2.75) is 66.4 Å². The molecule has 0 aliphatic carbocycles. The number of nitrogens with zero attached hydrogens (tertiary/aromatic N) is 2. The molecule has 5 nitrogen and oxygen atoms in total. The van der Waals surface area contributed by atoms with Gasteiger partial charge in [0.05, 0.1) is 12.2 Å². The van der Waals surface area contributed by atoms with Gasteiger partial charge in [-0.25, -0.2) is 4.79 Å². The van der Waals surface area contributed by atoms with Crippen LogP contribution in [0.25, 0.3) is 0 Å². The van der Waals surface area contributed by atoms with E-state index in [0.717, 1.165) is 49.4 Å². The van der Waals surface area contributed by atoms with Crippen LogP contribution < -0.4 is 4.74 Å². The molecule has 1 aliphatic heterocycles. The number of hydrogen-bond donors (Lipinski definition) is 0. The number of ether oxygens (including phenoxy) is 2. The van der Waals surface area contributed by atoms with Crippen LogP contribution in [0.3, 0.4) is 0 Å². The minimum Gasteiger partial charge on any atom is -0.476 e. The fourth-order valence-corrected chi connectivity index (χ4v) is 4.66. The Bertz CT molecular complexity index is 1050. The minimum atomic E-state index is -4.31. The van der Waals surface area contributed by atoms with E-state index in [-0.39, 0.29) is 5.56 Å². The maximum absolute atomic E-state index is 13.0. The first-order valence-corrected chi connectivity index (χ1v) is 12.4. The molecule has 0 unspecified atom stereocenters. The van der Waals surface area contributed by atoms with Gasteiger partial charge in [-0.05, 0) is 75.4 Å². The smallest absolute Gasteiger partial charge is 0.416 e. The third-order valence-corrected chi connectivity index (χ3v) is 6.52. The van der Waals surface area contributed by atoms with Gasteiger partial charge < -0.3 is 9.47 Å². The van der Waals surface area contributed by atoms with Crippen LogP contribution in [0.15, 0.2) is 30.3 Å². The molecule has 0 spiro atoms. The van der Waals surface area contributed by atoms with Gasteiger partial charge in [0.2, 0.25) is 0 Å². The van der Waals surface area contributed by atoms with E-state index < -0.39 is 23.3 Å². The van der Waals surface area contributed by atoms with Crippen LogP contribution in [0.1, 0.15) is 54.2 Å². The van der Waals surface area contributed by atoms with Crippen molar-refractivity contribution < 1.29 is 27.4 Å². The molecule has 3 rings (SSSR count). The molecule has 36 heavy (non-hydrogen) atoms. The van der Waals surface area contributed by atoms with Gasteiger partial charge in [-0.1, -0.05) is 24.3 Å². The number of esters is 1. The minimum absolute atomic E-state index is 0.266. The van der Waals surface area contributed by atoms with Gasteiger partial charge >= 0.3 is 12.1 Å². The quantitative estimate of drug-likeness (QED) is 0.432. The summed E-state index contributed by atoms with van der Waals surface area (Å²) in [6.45, 7) is 15.9. The van der Waals surface area contributed by atoms with E-state index >= 15 is 0 Å². The number of halogens is 3. The maximum Gasteiger partial charge on any atom is 0.416 e. The van der Waals surface area contributed by atoms with Crippen molar-refractivity contribution in [2.24, 2.45) is 0 Å². The zero-order valence-corrected chi connectivity index (χ0v) is 22.1. The number of hydrogen-bond acceptors (Lipinski definition) is 5. The lowest BCUT2D eigenvalue weighted by Gasteiger charge is -2.35. The molecule has 1 aliphatic rings. The molecule has 2 aromatic rings. The predicted molar refractivity (Wildman–Crippen MR) is 134 cm³/mol. The maximum atomic E-state index is 13.0. The Morgan fingerprint density at radius 2 is 1.36 bits per heavy atom. The van der Waals surface area contributed by atoms with Crippen molar-refractivity contribution in [1.29, 1.82) is 0 Å². The zero-order chi connectivity index (χ0) is 26.7. The van der Waals surface area contributed by atoms with Crippen LogP contribution in [0.4, 0.5) is 13.2 Å². The summed E-state index contributed by atoms with van der Waals surface area (Å²) < 4.78 is 50.3. The Balaban J connectivity index is 1.57. The molecular formula is C28H37F3N2O3. The average Bonchev–Trinajstić information content (AvgIpc) is 2.77. The van der Waals surface area contributed by atoms with Gasteiger partial charge in [0.15, 0.2) is 5.60 Å². The van der Waals surface area contributed by atoms with Crippen molar-refractivity contribution in [3.63, 3.8) is 0 Å². The number of carbonyl (C=O) groups is 1. The van der Waals surface area contributed by atoms with Crippen LogP contribution in [-0.2, 0) is 28.8 Å². The molecule has 0 aromatic heterocycles. The zero-order valence-electron chi connectivity index (χ0n) is 22.1. The van der Waals surface area contributed by atoms with Crippen molar-refractivity contribution >= 4 is 5.97 Å². The molecule has 0 N–H and O–H groups in total. The standard InChI is InChI=1S/C28H37F3N2O3/c1-7-35-26(34)27(5,6)36-25-20(3)15-23(16-21(25)4)18-33-12-10-32(11-13-33)17-22-8-9-24(19(2)14-22)28(29,30)31/h8-9,14-16H,7,10-13,17-18H2,1-6H3. The van der Waals surface area contributed by atoms with Gasteiger partial charge in [-0.3, -0.25) is 9.80 Å². The predicted octanol–water partition coefficient (Wildman–Crippen LogP) is 5.67. The van der Waals surface area contributed by atoms with E-state index in [9.17, 15) is 18.0 Å². The highest BCUT2D eigenvalue weighted by Crippen LogP contribution is 2.32. The summed E-state index contributed by atoms with van der Waals surface area (Å²) in [6.07, 6.45) is -4.31. The monoisotopic (exact) mass is 506 g/mol. The molecule has 0 bridgehead atoms. The third kappa shape index (κ3) is 7.01. The highest BCUT2D eigenvalue weighted by atomic mass is 19.4. The summed E-state index contributed by atoms with van der Waals surface area (Å²) in [7, 11) is 0. The lowest BCUT2D eigenvalue weighted by atomic mass is 10.0. The number of rotatable bonds is 8. The van der Waals surface area contributed by atoms with E-state index in [1.54, 1.807) is 32.9 Å². The lowest BCUT2D eigenvalue weighted by Crippen LogP contribution is -2.45. The molecule has 0 amide bonds. The first kappa shape index (κ1) is 28.0. The van der Waals surface area contributed by atoms with Crippen LogP contribution in [-0.4, -0.2) is 54.2 Å². The van der Waals surface area contributed by atoms with E-state index in [1.807, 2.05) is 13.8 Å². The summed E-state index contributed by atoms with van der Waals surface area (Å²) in [5.41, 5.74) is 2.65. The van der Waals surface area contributed by atoms with Crippen molar-refractivity contribution in [2.75, 3.05) is 32.8 Å². The highest BCUT2D eigenvalue weighted by Gasteiger charge is 2.33. The van der Waals surface area contributed by atoms with E-state index in [4.69, 9.17) is 9.47 Å². The number of aryl methyl sites for hydroxylation is 3. The molecule has 1 saturated heterocycles. The van der Waals surface area contributed by atoms with Crippen molar-refractivity contribution in [3.05, 3.63) is 63.7 Å². The Hall–Kier alpha value is -2.58. The van der Waals surface area contributed by atoms with Crippen molar-refractivity contribution in [3.8, 4) is 5.75 Å². The molecule has 0 radical (unpaired) electrons. The van der Waals surface area contributed by atoms with E-state index in [1.165, 1.54) is 18.6 Å². The van der Waals surface area contributed by atoms with Crippen LogP contribution in [0.5, 0.6) is 5.75 Å². The van der Waals surface area contributed by atoms with E-state index in [2.05, 4.69) is 21.9 Å².